The second-order valence-electron chi connectivity index (χ2n) is 8.13. The molecule has 0 saturated carbocycles. The molecule has 0 unspecified atom stereocenters. The molecule has 0 spiro atoms. The first-order valence-corrected chi connectivity index (χ1v) is 11.9. The Morgan fingerprint density at radius 1 is 0.886 bits per heavy atom. The van der Waals surface area contributed by atoms with Crippen LogP contribution in [0, 0.1) is 13.8 Å². The minimum Gasteiger partial charge on any atom is -0.456 e. The van der Waals surface area contributed by atoms with Gasteiger partial charge < -0.3 is 4.74 Å². The van der Waals surface area contributed by atoms with Gasteiger partial charge in [-0.25, -0.2) is 9.78 Å². The number of ether oxygens (including phenoxy) is 1. The molecule has 7 heteroatoms. The maximum atomic E-state index is 13.0. The van der Waals surface area contributed by atoms with E-state index < -0.39 is 5.97 Å². The van der Waals surface area contributed by atoms with E-state index in [9.17, 15) is 14.4 Å². The van der Waals surface area contributed by atoms with Gasteiger partial charge in [0, 0.05) is 23.4 Å². The summed E-state index contributed by atoms with van der Waals surface area (Å²) in [6, 6.07) is 21.4. The molecule has 0 saturated heterocycles. The van der Waals surface area contributed by atoms with Crippen molar-refractivity contribution in [2.75, 3.05) is 4.90 Å². The second kappa shape index (κ2) is 10.4. The van der Waals surface area contributed by atoms with Gasteiger partial charge in [0.2, 0.25) is 5.91 Å². The van der Waals surface area contributed by atoms with Crippen molar-refractivity contribution in [3.8, 4) is 0 Å². The molecule has 0 aliphatic rings. The summed E-state index contributed by atoms with van der Waals surface area (Å²) in [4.78, 5) is 44.2. The van der Waals surface area contributed by atoms with Crippen LogP contribution in [0.3, 0.4) is 0 Å². The highest BCUT2D eigenvalue weighted by Crippen LogP contribution is 2.29. The van der Waals surface area contributed by atoms with E-state index in [0.29, 0.717) is 16.4 Å². The van der Waals surface area contributed by atoms with Crippen LogP contribution in [0.25, 0.3) is 0 Å². The van der Waals surface area contributed by atoms with E-state index in [1.807, 2.05) is 50.2 Å². The lowest BCUT2D eigenvalue weighted by molar-refractivity contribution is -0.115. The van der Waals surface area contributed by atoms with Gasteiger partial charge in [-0.2, -0.15) is 0 Å². The Morgan fingerprint density at radius 2 is 1.60 bits per heavy atom. The van der Waals surface area contributed by atoms with Crippen LogP contribution in [0.4, 0.5) is 10.8 Å². The molecule has 0 atom stereocenters. The Kier molecular flexibility index (Phi) is 7.17. The molecule has 4 aromatic rings. The van der Waals surface area contributed by atoms with Gasteiger partial charge in [-0.3, -0.25) is 14.5 Å². The minimum atomic E-state index is -0.613. The molecule has 35 heavy (non-hydrogen) atoms. The lowest BCUT2D eigenvalue weighted by Gasteiger charge is -2.18. The Bertz CT molecular complexity index is 1390. The average molecular weight is 485 g/mol. The van der Waals surface area contributed by atoms with Gasteiger partial charge >= 0.3 is 5.97 Å². The minimum absolute atomic E-state index is 0.0814. The number of carbonyl (C=O) groups excluding carboxylic acids is 3. The van der Waals surface area contributed by atoms with Gasteiger partial charge in [0.25, 0.3) is 0 Å². The van der Waals surface area contributed by atoms with Crippen molar-refractivity contribution in [2.24, 2.45) is 0 Å². The van der Waals surface area contributed by atoms with Gasteiger partial charge in [0.05, 0.1) is 16.9 Å². The smallest absolute Gasteiger partial charge is 0.339 e. The average Bonchev–Trinajstić information content (AvgIpc) is 3.31. The number of aryl methyl sites for hydroxylation is 2. The quantitative estimate of drug-likeness (QED) is 0.236. The molecule has 1 amide bonds. The van der Waals surface area contributed by atoms with Crippen molar-refractivity contribution >= 4 is 39.8 Å². The first-order chi connectivity index (χ1) is 16.8. The molecule has 0 fully saturated rings. The van der Waals surface area contributed by atoms with Crippen molar-refractivity contribution < 1.29 is 19.1 Å². The maximum Gasteiger partial charge on any atom is 0.339 e. The topological polar surface area (TPSA) is 76.6 Å². The zero-order chi connectivity index (χ0) is 24.9. The van der Waals surface area contributed by atoms with Crippen LogP contribution in [0.2, 0.25) is 0 Å². The predicted molar refractivity (Wildman–Crippen MR) is 136 cm³/mol. The summed E-state index contributed by atoms with van der Waals surface area (Å²) in [5.74, 6) is -1.03. The number of benzene rings is 3. The number of nitrogens with zero attached hydrogens (tertiary/aromatic N) is 2. The third-order valence-corrected chi connectivity index (χ3v) is 6.24. The zero-order valence-corrected chi connectivity index (χ0v) is 20.5. The van der Waals surface area contributed by atoms with E-state index in [1.165, 1.54) is 23.2 Å². The van der Waals surface area contributed by atoms with E-state index >= 15 is 0 Å². The normalized spacial score (nSPS) is 10.6. The molecule has 176 valence electrons. The van der Waals surface area contributed by atoms with Crippen LogP contribution in [0.15, 0.2) is 78.2 Å². The van der Waals surface area contributed by atoms with Gasteiger partial charge in [0.1, 0.15) is 6.61 Å². The number of aromatic nitrogens is 1. The number of anilines is 2. The van der Waals surface area contributed by atoms with Gasteiger partial charge in [-0.05, 0) is 37.6 Å². The number of hydrogen-bond acceptors (Lipinski definition) is 6. The highest BCUT2D eigenvalue weighted by Gasteiger charge is 2.21. The Morgan fingerprint density at radius 3 is 2.29 bits per heavy atom. The molecular weight excluding hydrogens is 460 g/mol. The number of carbonyl (C=O) groups is 3. The highest BCUT2D eigenvalue weighted by atomic mass is 32.1. The van der Waals surface area contributed by atoms with E-state index in [0.717, 1.165) is 16.8 Å². The fourth-order valence-electron chi connectivity index (χ4n) is 3.60. The zero-order valence-electron chi connectivity index (χ0n) is 19.6. The maximum absolute atomic E-state index is 13.0. The molecule has 0 aliphatic heterocycles. The van der Waals surface area contributed by atoms with Gasteiger partial charge in [-0.1, -0.05) is 60.2 Å². The molecule has 0 bridgehead atoms. The number of thiazole rings is 1. The van der Waals surface area contributed by atoms with Gasteiger partial charge in [0.15, 0.2) is 10.9 Å². The molecule has 0 radical (unpaired) electrons. The van der Waals surface area contributed by atoms with Crippen molar-refractivity contribution in [1.82, 2.24) is 4.98 Å². The summed E-state index contributed by atoms with van der Waals surface area (Å²) in [6.45, 7) is 5.29. The summed E-state index contributed by atoms with van der Waals surface area (Å²) in [6.07, 6.45) is 0. The Labute approximate surface area is 207 Å². The standard InChI is InChI=1S/C28H24N2O4S/c1-18-11-13-21(14-12-18)26(32)24-9-4-5-10-25(24)27(33)34-16-22-17-35-28(29-22)30(20(3)31)23-8-6-7-19(2)15-23/h4-15,17H,16H2,1-3H3. The molecule has 1 heterocycles. The van der Waals surface area contributed by atoms with Crippen molar-refractivity contribution in [1.29, 1.82) is 0 Å². The molecular formula is C28H24N2O4S. The summed E-state index contributed by atoms with van der Waals surface area (Å²) in [5.41, 5.74) is 4.28. The van der Waals surface area contributed by atoms with E-state index in [2.05, 4.69) is 4.98 Å². The van der Waals surface area contributed by atoms with Gasteiger partial charge in [-0.15, -0.1) is 11.3 Å². The highest BCUT2D eigenvalue weighted by molar-refractivity contribution is 7.14. The SMILES string of the molecule is CC(=O)N(c1cccc(C)c1)c1nc(COC(=O)c2ccccc2C(=O)c2ccc(C)cc2)cs1. The predicted octanol–water partition coefficient (Wildman–Crippen LogP) is 6.03. The van der Waals surface area contributed by atoms with Crippen molar-refractivity contribution in [2.45, 2.75) is 27.4 Å². The summed E-state index contributed by atoms with van der Waals surface area (Å²) in [5, 5.41) is 2.24. The molecule has 6 nitrogen and oxygen atoms in total. The third kappa shape index (κ3) is 5.53. The summed E-state index contributed by atoms with van der Waals surface area (Å²) < 4.78 is 5.49. The molecule has 0 aliphatic carbocycles. The Hall–Kier alpha value is -4.10. The molecule has 3 aromatic carbocycles. The lowest BCUT2D eigenvalue weighted by Crippen LogP contribution is -2.22. The fourth-order valence-corrected chi connectivity index (χ4v) is 4.47. The van der Waals surface area contributed by atoms with E-state index in [-0.39, 0.29) is 29.4 Å². The monoisotopic (exact) mass is 484 g/mol. The number of esters is 1. The van der Waals surface area contributed by atoms with Crippen molar-refractivity contribution in [3.05, 3.63) is 112 Å². The van der Waals surface area contributed by atoms with E-state index in [1.54, 1.807) is 41.8 Å². The van der Waals surface area contributed by atoms with Crippen LogP contribution < -0.4 is 4.90 Å². The Balaban J connectivity index is 1.50. The lowest BCUT2D eigenvalue weighted by atomic mass is 9.98. The molecule has 0 N–H and O–H groups in total. The first-order valence-electron chi connectivity index (χ1n) is 11.0. The number of ketones is 1. The summed E-state index contributed by atoms with van der Waals surface area (Å²) in [7, 11) is 0. The number of hydrogen-bond donors (Lipinski definition) is 0. The van der Waals surface area contributed by atoms with Crippen LogP contribution in [-0.4, -0.2) is 22.6 Å². The number of amides is 1. The van der Waals surface area contributed by atoms with Crippen LogP contribution >= 0.6 is 11.3 Å². The van der Waals surface area contributed by atoms with E-state index in [4.69, 9.17) is 4.74 Å². The number of rotatable bonds is 7. The second-order valence-corrected chi connectivity index (χ2v) is 8.97. The van der Waals surface area contributed by atoms with Crippen LogP contribution in [0.5, 0.6) is 0 Å². The third-order valence-electron chi connectivity index (χ3n) is 5.36. The van der Waals surface area contributed by atoms with Crippen molar-refractivity contribution in [3.63, 3.8) is 0 Å². The first kappa shape index (κ1) is 24.0. The molecule has 4 rings (SSSR count). The largest absolute Gasteiger partial charge is 0.456 e. The van der Waals surface area contributed by atoms with Crippen LogP contribution in [0.1, 0.15) is 50.0 Å². The molecule has 1 aromatic heterocycles. The summed E-state index contributed by atoms with van der Waals surface area (Å²) >= 11 is 1.29. The fraction of sp³-hybridized carbons (Fsp3) is 0.143. The van der Waals surface area contributed by atoms with Crippen LogP contribution in [-0.2, 0) is 16.1 Å².